The highest BCUT2D eigenvalue weighted by atomic mass is 79.9. The summed E-state index contributed by atoms with van der Waals surface area (Å²) in [6, 6.07) is 11.7. The number of benzene rings is 2. The van der Waals surface area contributed by atoms with Crippen LogP contribution in [0.25, 0.3) is 16.6 Å². The van der Waals surface area contributed by atoms with Gasteiger partial charge >= 0.3 is 11.1 Å². The summed E-state index contributed by atoms with van der Waals surface area (Å²) in [4.78, 5) is 52.5. The van der Waals surface area contributed by atoms with E-state index in [-0.39, 0.29) is 12.1 Å². The number of primary amides is 1. The normalized spacial score (nSPS) is 11.4. The average Bonchev–Trinajstić information content (AvgIpc) is 2.67. The van der Waals surface area contributed by atoms with Gasteiger partial charge in [-0.2, -0.15) is 0 Å². The first kappa shape index (κ1) is 20.2. The van der Waals surface area contributed by atoms with Crippen molar-refractivity contribution in [2.24, 2.45) is 11.6 Å². The van der Waals surface area contributed by atoms with Crippen LogP contribution in [0.2, 0.25) is 0 Å². The number of hydrogen-bond donors (Lipinski definition) is 4. The van der Waals surface area contributed by atoms with E-state index in [1.807, 2.05) is 0 Å². The first-order valence-corrected chi connectivity index (χ1v) is 9.13. The molecule has 0 saturated carbocycles. The Morgan fingerprint density at radius 3 is 2.38 bits per heavy atom. The molecule has 0 unspecified atom stereocenters. The molecular formula is C19H16BrN5O4. The average molecular weight is 458 g/mol. The maximum Gasteiger partial charge on any atom is 0.314 e. The molecule has 2 amide bonds. The fraction of sp³-hybridized carbons (Fsp3) is 0.0526. The van der Waals surface area contributed by atoms with Crippen molar-refractivity contribution in [2.75, 3.05) is 0 Å². The van der Waals surface area contributed by atoms with E-state index in [1.165, 1.54) is 0 Å². The molecule has 3 aromatic rings. The second-order valence-electron chi connectivity index (χ2n) is 6.15. The second kappa shape index (κ2) is 8.25. The second-order valence-corrected chi connectivity index (χ2v) is 7.07. The summed E-state index contributed by atoms with van der Waals surface area (Å²) in [6.07, 6.45) is 1.06. The molecule has 0 spiro atoms. The van der Waals surface area contributed by atoms with Crippen LogP contribution >= 0.6 is 15.9 Å². The van der Waals surface area contributed by atoms with Gasteiger partial charge in [-0.25, -0.2) is 5.84 Å². The van der Waals surface area contributed by atoms with Crippen molar-refractivity contribution >= 4 is 44.4 Å². The van der Waals surface area contributed by atoms with Crippen molar-refractivity contribution in [3.8, 4) is 0 Å². The number of aromatic amines is 2. The number of H-pyrrole nitrogens is 2. The Kier molecular flexibility index (Phi) is 5.76. The van der Waals surface area contributed by atoms with Gasteiger partial charge in [0.05, 0.1) is 23.2 Å². The number of aromatic nitrogens is 2. The molecule has 0 bridgehead atoms. The lowest BCUT2D eigenvalue weighted by molar-refractivity contribution is -0.127. The number of carbonyl (C=O) groups excluding carboxylic acids is 2. The Hall–Kier alpha value is -3.50. The first-order chi connectivity index (χ1) is 13.8. The number of nitrogens with one attached hydrogen (secondary N) is 2. The van der Waals surface area contributed by atoms with Crippen LogP contribution in [0.15, 0.2) is 62.6 Å². The van der Waals surface area contributed by atoms with Crippen LogP contribution in [0, 0.1) is 0 Å². The van der Waals surface area contributed by atoms with Gasteiger partial charge in [-0.1, -0.05) is 46.3 Å². The van der Waals surface area contributed by atoms with E-state index in [0.29, 0.717) is 26.6 Å². The van der Waals surface area contributed by atoms with Crippen molar-refractivity contribution in [3.63, 3.8) is 0 Å². The number of nitrogens with zero attached hydrogens (tertiary/aromatic N) is 1. The third-order valence-electron chi connectivity index (χ3n) is 4.12. The Morgan fingerprint density at radius 2 is 1.72 bits per heavy atom. The molecule has 29 heavy (non-hydrogen) atoms. The summed E-state index contributed by atoms with van der Waals surface area (Å²) in [7, 11) is 0. The molecule has 0 atom stereocenters. The number of hydrazine groups is 1. The van der Waals surface area contributed by atoms with Crippen LogP contribution in [-0.4, -0.2) is 26.8 Å². The molecule has 0 aliphatic rings. The molecule has 0 saturated heterocycles. The van der Waals surface area contributed by atoms with E-state index in [9.17, 15) is 19.2 Å². The fourth-order valence-corrected chi connectivity index (χ4v) is 3.27. The number of fused-ring (bicyclic) bond motifs is 1. The van der Waals surface area contributed by atoms with Gasteiger partial charge in [-0.3, -0.25) is 24.2 Å². The SMILES string of the molecule is NC(=O)C(=CC(=O)N(N)Cc1cc(Br)cc2[nH]c(=O)c(=O)[nH]c12)c1ccccc1. The van der Waals surface area contributed by atoms with Crippen molar-refractivity contribution in [1.82, 2.24) is 15.0 Å². The van der Waals surface area contributed by atoms with E-state index in [1.54, 1.807) is 42.5 Å². The minimum Gasteiger partial charge on any atom is -0.366 e. The number of rotatable bonds is 5. The van der Waals surface area contributed by atoms with Gasteiger partial charge in [0, 0.05) is 10.5 Å². The molecule has 10 heteroatoms. The third-order valence-corrected chi connectivity index (χ3v) is 4.58. The highest BCUT2D eigenvalue weighted by Gasteiger charge is 2.16. The van der Waals surface area contributed by atoms with Crippen LogP contribution in [0.4, 0.5) is 0 Å². The minimum absolute atomic E-state index is 0.0166. The Balaban J connectivity index is 1.95. The summed E-state index contributed by atoms with van der Waals surface area (Å²) < 4.78 is 0.612. The molecule has 0 aliphatic carbocycles. The van der Waals surface area contributed by atoms with Crippen molar-refractivity contribution < 1.29 is 9.59 Å². The Labute approximate surface area is 172 Å². The largest absolute Gasteiger partial charge is 0.366 e. The Morgan fingerprint density at radius 1 is 1.07 bits per heavy atom. The van der Waals surface area contributed by atoms with E-state index in [0.717, 1.165) is 11.1 Å². The van der Waals surface area contributed by atoms with Crippen LogP contribution in [0.3, 0.4) is 0 Å². The molecule has 1 heterocycles. The zero-order valence-electron chi connectivity index (χ0n) is 14.9. The summed E-state index contributed by atoms with van der Waals surface area (Å²) >= 11 is 3.31. The molecule has 2 aromatic carbocycles. The Bertz CT molecular complexity index is 1250. The van der Waals surface area contributed by atoms with Crippen LogP contribution < -0.4 is 22.7 Å². The predicted octanol–water partition coefficient (Wildman–Crippen LogP) is 0.750. The lowest BCUT2D eigenvalue weighted by atomic mass is 10.0. The third kappa shape index (κ3) is 4.50. The summed E-state index contributed by atoms with van der Waals surface area (Å²) in [5.41, 5.74) is 5.47. The summed E-state index contributed by atoms with van der Waals surface area (Å²) in [5.74, 6) is 4.46. The smallest absolute Gasteiger partial charge is 0.314 e. The molecular weight excluding hydrogens is 442 g/mol. The van der Waals surface area contributed by atoms with Gasteiger partial charge in [0.2, 0.25) is 5.91 Å². The van der Waals surface area contributed by atoms with Crippen LogP contribution in [0.1, 0.15) is 11.1 Å². The highest BCUT2D eigenvalue weighted by molar-refractivity contribution is 9.10. The maximum absolute atomic E-state index is 12.6. The van der Waals surface area contributed by atoms with Gasteiger partial charge in [0.1, 0.15) is 0 Å². The highest BCUT2D eigenvalue weighted by Crippen LogP contribution is 2.21. The van der Waals surface area contributed by atoms with Crippen LogP contribution in [0.5, 0.6) is 0 Å². The maximum atomic E-state index is 12.6. The molecule has 0 fully saturated rings. The first-order valence-electron chi connectivity index (χ1n) is 8.34. The lowest BCUT2D eigenvalue weighted by Crippen LogP contribution is -2.36. The summed E-state index contributed by atoms with van der Waals surface area (Å²) in [5, 5.41) is 0.872. The number of nitrogens with two attached hydrogens (primary N) is 2. The van der Waals surface area contributed by atoms with Crippen molar-refractivity contribution in [3.05, 3.63) is 84.8 Å². The molecule has 6 N–H and O–H groups in total. The zero-order valence-corrected chi connectivity index (χ0v) is 16.5. The van der Waals surface area contributed by atoms with Gasteiger partial charge in [-0.15, -0.1) is 0 Å². The number of hydrogen-bond acceptors (Lipinski definition) is 5. The number of carbonyl (C=O) groups is 2. The molecule has 9 nitrogen and oxygen atoms in total. The van der Waals surface area contributed by atoms with Crippen LogP contribution in [-0.2, 0) is 16.1 Å². The molecule has 148 valence electrons. The molecule has 1 aromatic heterocycles. The van der Waals surface area contributed by atoms with Gasteiger partial charge in [0.15, 0.2) is 0 Å². The molecule has 0 aliphatic heterocycles. The topological polar surface area (TPSA) is 155 Å². The predicted molar refractivity (Wildman–Crippen MR) is 111 cm³/mol. The van der Waals surface area contributed by atoms with Gasteiger partial charge in [0.25, 0.3) is 5.91 Å². The van der Waals surface area contributed by atoms with Crippen molar-refractivity contribution in [2.45, 2.75) is 6.54 Å². The van der Waals surface area contributed by atoms with Gasteiger partial charge < -0.3 is 15.7 Å². The number of amides is 2. The lowest BCUT2D eigenvalue weighted by Gasteiger charge is -2.17. The van der Waals surface area contributed by atoms with E-state index < -0.39 is 22.9 Å². The fourth-order valence-electron chi connectivity index (χ4n) is 2.77. The standard InChI is InChI=1S/C19H16BrN5O4/c20-12-6-11(16-14(7-12)23-18(28)19(29)24-16)9-25(22)15(26)8-13(17(21)27)10-4-2-1-3-5-10/h1-8H,9,22H2,(H2,21,27)(H,23,28)(H,24,29). The van der Waals surface area contributed by atoms with E-state index in [2.05, 4.69) is 25.9 Å². The van der Waals surface area contributed by atoms with E-state index in [4.69, 9.17) is 11.6 Å². The quantitative estimate of drug-likeness (QED) is 0.146. The zero-order chi connectivity index (χ0) is 21.1. The molecule has 3 rings (SSSR count). The van der Waals surface area contributed by atoms with Gasteiger partial charge in [-0.05, 0) is 23.3 Å². The minimum atomic E-state index is -0.823. The van der Waals surface area contributed by atoms with E-state index >= 15 is 0 Å². The molecule has 0 radical (unpaired) electrons. The summed E-state index contributed by atoms with van der Waals surface area (Å²) in [6.45, 7) is -0.103. The number of halogens is 1. The van der Waals surface area contributed by atoms with Crippen molar-refractivity contribution in [1.29, 1.82) is 0 Å². The monoisotopic (exact) mass is 457 g/mol.